The van der Waals surface area contributed by atoms with Crippen LogP contribution in [0.5, 0.6) is 0 Å². The first-order chi connectivity index (χ1) is 29.0. The van der Waals surface area contributed by atoms with Crippen molar-refractivity contribution in [2.75, 3.05) is 32.8 Å². The summed E-state index contributed by atoms with van der Waals surface area (Å²) in [5.41, 5.74) is -0.495. The molecule has 60 heavy (non-hydrogen) atoms. The molecule has 0 saturated heterocycles. The van der Waals surface area contributed by atoms with E-state index in [1.165, 1.54) is 116 Å². The predicted octanol–water partition coefficient (Wildman–Crippen LogP) is 15.2. The molecule has 356 valence electrons. The molecule has 0 aliphatic carbocycles. The van der Waals surface area contributed by atoms with Crippen molar-refractivity contribution in [1.29, 1.82) is 0 Å². The van der Waals surface area contributed by atoms with Gasteiger partial charge in [-0.05, 0) is 111 Å². The largest absolute Gasteiger partial charge is 0.466 e. The zero-order valence-corrected chi connectivity index (χ0v) is 41.1. The summed E-state index contributed by atoms with van der Waals surface area (Å²) in [4.78, 5) is 39.9. The Hall–Kier alpha value is -1.83. The van der Waals surface area contributed by atoms with Gasteiger partial charge in [-0.1, -0.05) is 169 Å². The molecule has 0 aromatic carbocycles. The maximum Gasteiger partial charge on any atom is 0.407 e. The molecule has 0 aliphatic heterocycles. The minimum absolute atomic E-state index is 0.00656. The Labute approximate surface area is 372 Å². The van der Waals surface area contributed by atoms with Crippen molar-refractivity contribution in [3.63, 3.8) is 0 Å². The van der Waals surface area contributed by atoms with Crippen molar-refractivity contribution < 1.29 is 28.6 Å². The number of hydrogen-bond donors (Lipinski definition) is 1. The van der Waals surface area contributed by atoms with Gasteiger partial charge in [0.2, 0.25) is 0 Å². The number of nitrogens with one attached hydrogen (secondary N) is 1. The van der Waals surface area contributed by atoms with Crippen LogP contribution in [0, 0.1) is 5.92 Å². The first-order valence-electron chi connectivity index (χ1n) is 26.1. The minimum Gasteiger partial charge on any atom is -0.466 e. The van der Waals surface area contributed by atoms with Crippen LogP contribution in [0.25, 0.3) is 0 Å². The monoisotopic (exact) mass is 851 g/mol. The average molecular weight is 851 g/mol. The summed E-state index contributed by atoms with van der Waals surface area (Å²) >= 11 is 0. The van der Waals surface area contributed by atoms with Crippen LogP contribution in [-0.2, 0) is 23.8 Å². The molecule has 8 nitrogen and oxygen atoms in total. The van der Waals surface area contributed by atoms with Gasteiger partial charge in [0.1, 0.15) is 11.7 Å². The quantitative estimate of drug-likeness (QED) is 0.0371. The van der Waals surface area contributed by atoms with E-state index in [1.54, 1.807) is 0 Å². The average Bonchev–Trinajstić information content (AvgIpc) is 3.20. The molecule has 0 heterocycles. The molecule has 1 amide bonds. The van der Waals surface area contributed by atoms with Crippen molar-refractivity contribution in [2.24, 2.45) is 5.92 Å². The Bertz CT molecular complexity index is 945. The van der Waals surface area contributed by atoms with E-state index in [0.29, 0.717) is 31.9 Å². The Kier molecular flexibility index (Phi) is 41.2. The fourth-order valence-corrected chi connectivity index (χ4v) is 8.05. The highest BCUT2D eigenvalue weighted by atomic mass is 16.6. The molecule has 0 radical (unpaired) electrons. The molecule has 0 saturated carbocycles. The van der Waals surface area contributed by atoms with E-state index in [4.69, 9.17) is 14.2 Å². The molecule has 0 aromatic heterocycles. The number of esters is 2. The number of unbranched alkanes of at least 4 members (excludes halogenated alkanes) is 20. The third-order valence-electron chi connectivity index (χ3n) is 11.8. The lowest BCUT2D eigenvalue weighted by Gasteiger charge is -2.23. The Morgan fingerprint density at radius 3 is 1.42 bits per heavy atom. The number of nitrogens with zero attached hydrogens (tertiary/aromatic N) is 1. The van der Waals surface area contributed by atoms with E-state index in [1.807, 2.05) is 20.8 Å². The highest BCUT2D eigenvalue weighted by Gasteiger charge is 2.17. The summed E-state index contributed by atoms with van der Waals surface area (Å²) in [5.74, 6) is 0.669. The zero-order chi connectivity index (χ0) is 44.4. The van der Waals surface area contributed by atoms with Crippen LogP contribution in [0.4, 0.5) is 4.79 Å². The summed E-state index contributed by atoms with van der Waals surface area (Å²) < 4.78 is 17.1. The number of carbonyl (C=O) groups is 3. The second-order valence-corrected chi connectivity index (χ2v) is 19.0. The molecule has 0 atom stereocenters. The predicted molar refractivity (Wildman–Crippen MR) is 255 cm³/mol. The molecule has 0 bridgehead atoms. The van der Waals surface area contributed by atoms with Crippen molar-refractivity contribution >= 4 is 18.0 Å². The Morgan fingerprint density at radius 1 is 0.483 bits per heavy atom. The van der Waals surface area contributed by atoms with Crippen molar-refractivity contribution in [1.82, 2.24) is 10.2 Å². The minimum atomic E-state index is -0.495. The van der Waals surface area contributed by atoms with Crippen LogP contribution in [0.15, 0.2) is 0 Å². The van der Waals surface area contributed by atoms with Crippen LogP contribution in [-0.4, -0.2) is 67.4 Å². The Morgan fingerprint density at radius 2 is 0.917 bits per heavy atom. The normalized spacial score (nSPS) is 11.8. The topological polar surface area (TPSA) is 94.2 Å². The van der Waals surface area contributed by atoms with Crippen LogP contribution >= 0.6 is 0 Å². The number of alkyl carbamates (subject to hydrolysis) is 1. The summed E-state index contributed by atoms with van der Waals surface area (Å²) in [7, 11) is 0. The molecule has 0 fully saturated rings. The van der Waals surface area contributed by atoms with Gasteiger partial charge >= 0.3 is 18.0 Å². The van der Waals surface area contributed by atoms with Crippen LogP contribution < -0.4 is 5.32 Å². The maximum absolute atomic E-state index is 12.9. The van der Waals surface area contributed by atoms with Gasteiger partial charge in [0.05, 0.1) is 6.61 Å². The summed E-state index contributed by atoms with van der Waals surface area (Å²) in [6.45, 7) is 18.9. The van der Waals surface area contributed by atoms with Gasteiger partial charge in [0, 0.05) is 19.4 Å². The molecular formula is C52H102N2O6. The van der Waals surface area contributed by atoms with Gasteiger partial charge in [-0.2, -0.15) is 0 Å². The van der Waals surface area contributed by atoms with E-state index in [2.05, 4.69) is 37.9 Å². The molecule has 0 rings (SSSR count). The SMILES string of the molecule is CCCCCCCCC(CCCCCCCC)OC(=O)CCCCCCCN(CCCCCCCC(=O)OCCC(CCCC)CCCC)CCCNC(=O)OC(C)(C)C. The lowest BCUT2D eigenvalue weighted by molar-refractivity contribution is -0.150. The number of carbonyl (C=O) groups excluding carboxylic acids is 3. The fraction of sp³-hybridized carbons (Fsp3) is 0.942. The highest BCUT2D eigenvalue weighted by molar-refractivity contribution is 5.69. The van der Waals surface area contributed by atoms with Gasteiger partial charge in [0.25, 0.3) is 0 Å². The van der Waals surface area contributed by atoms with E-state index in [9.17, 15) is 14.4 Å². The number of rotatable bonds is 44. The lowest BCUT2D eigenvalue weighted by atomic mass is 9.93. The number of amides is 1. The molecule has 0 aliphatic rings. The van der Waals surface area contributed by atoms with Crippen molar-refractivity contribution in [2.45, 2.75) is 278 Å². The number of hydrogen-bond acceptors (Lipinski definition) is 7. The van der Waals surface area contributed by atoms with Gasteiger partial charge in [-0.3, -0.25) is 9.59 Å². The second-order valence-electron chi connectivity index (χ2n) is 19.0. The highest BCUT2D eigenvalue weighted by Crippen LogP contribution is 2.21. The van der Waals surface area contributed by atoms with Crippen molar-refractivity contribution in [3.05, 3.63) is 0 Å². The van der Waals surface area contributed by atoms with Gasteiger partial charge in [-0.15, -0.1) is 0 Å². The van der Waals surface area contributed by atoms with E-state index in [-0.39, 0.29) is 24.1 Å². The van der Waals surface area contributed by atoms with Crippen LogP contribution in [0.3, 0.4) is 0 Å². The second kappa shape index (κ2) is 42.5. The lowest BCUT2D eigenvalue weighted by Crippen LogP contribution is -2.35. The number of ether oxygens (including phenoxy) is 3. The third kappa shape index (κ3) is 41.5. The molecule has 1 N–H and O–H groups in total. The molecule has 8 heteroatoms. The first-order valence-corrected chi connectivity index (χ1v) is 26.1. The third-order valence-corrected chi connectivity index (χ3v) is 11.8. The summed E-state index contributed by atoms with van der Waals surface area (Å²) in [5, 5.41) is 2.91. The van der Waals surface area contributed by atoms with Gasteiger partial charge in [0.15, 0.2) is 0 Å². The van der Waals surface area contributed by atoms with Crippen LogP contribution in [0.1, 0.15) is 267 Å². The molecular weight excluding hydrogens is 749 g/mol. The van der Waals surface area contributed by atoms with E-state index < -0.39 is 5.60 Å². The van der Waals surface area contributed by atoms with E-state index >= 15 is 0 Å². The zero-order valence-electron chi connectivity index (χ0n) is 41.1. The first kappa shape index (κ1) is 58.2. The van der Waals surface area contributed by atoms with E-state index in [0.717, 1.165) is 110 Å². The summed E-state index contributed by atoms with van der Waals surface area (Å²) in [6, 6.07) is 0. The molecule has 0 aromatic rings. The molecule has 0 spiro atoms. The molecule has 0 unspecified atom stereocenters. The van der Waals surface area contributed by atoms with Crippen LogP contribution in [0.2, 0.25) is 0 Å². The Balaban J connectivity index is 4.55. The maximum atomic E-state index is 12.9. The van der Waals surface area contributed by atoms with Gasteiger partial charge in [-0.25, -0.2) is 4.79 Å². The fourth-order valence-electron chi connectivity index (χ4n) is 8.05. The standard InChI is InChI=1S/C52H102N2O6/c1-8-12-16-18-22-28-37-48(38-29-23-19-17-13-9-2)59-50(56)40-31-25-21-27-33-44-54(45-34-42-53-51(57)60-52(5,6)7)43-32-26-20-24-30-39-49(55)58-46-41-47(35-14-10-3)36-15-11-4/h47-48H,8-46H2,1-7H3,(H,53,57). The summed E-state index contributed by atoms with van der Waals surface area (Å²) in [6.07, 6.45) is 38.4. The van der Waals surface area contributed by atoms with Crippen molar-refractivity contribution in [3.8, 4) is 0 Å². The smallest absolute Gasteiger partial charge is 0.407 e. The van der Waals surface area contributed by atoms with Gasteiger partial charge < -0.3 is 24.4 Å².